The first-order valence-electron chi connectivity index (χ1n) is 6.74. The van der Waals surface area contributed by atoms with Crippen molar-refractivity contribution in [3.8, 4) is 0 Å². The summed E-state index contributed by atoms with van der Waals surface area (Å²) >= 11 is 0. The zero-order chi connectivity index (χ0) is 14.4. The largest absolute Gasteiger partial charge is 0.481 e. The van der Waals surface area contributed by atoms with E-state index in [1.165, 1.54) is 0 Å². The number of nitrogens with zero attached hydrogens (tertiary/aromatic N) is 2. The highest BCUT2D eigenvalue weighted by atomic mass is 16.4. The highest BCUT2D eigenvalue weighted by molar-refractivity contribution is 5.77. The van der Waals surface area contributed by atoms with Crippen LogP contribution in [0.4, 0.5) is 0 Å². The van der Waals surface area contributed by atoms with Crippen molar-refractivity contribution in [2.75, 3.05) is 27.2 Å². The molecule has 1 aliphatic heterocycles. The number of aliphatic hydroxyl groups is 1. The molecule has 110 valence electrons. The van der Waals surface area contributed by atoms with Crippen LogP contribution in [0.2, 0.25) is 0 Å². The Labute approximate surface area is 114 Å². The standard InChI is InChI=1S/C13H24N2O4/c1-14(2)8-10-7-11(16)9-15(10)12(17)5-3-4-6-13(18)19/h10-11,16H,3-9H2,1-2H3,(H,18,19). The monoisotopic (exact) mass is 272 g/mol. The number of β-amino-alcohol motifs (C(OH)–C–C–N with tert-alkyl or cyclic N) is 1. The Morgan fingerprint density at radius 3 is 2.47 bits per heavy atom. The second-order valence-corrected chi connectivity index (χ2v) is 5.45. The van der Waals surface area contributed by atoms with Crippen molar-refractivity contribution in [1.82, 2.24) is 9.80 Å². The van der Waals surface area contributed by atoms with Crippen LogP contribution in [0.25, 0.3) is 0 Å². The van der Waals surface area contributed by atoms with Gasteiger partial charge in [0.25, 0.3) is 0 Å². The summed E-state index contributed by atoms with van der Waals surface area (Å²) in [5.41, 5.74) is 0. The molecule has 0 bridgehead atoms. The first-order valence-corrected chi connectivity index (χ1v) is 6.74. The highest BCUT2D eigenvalue weighted by Gasteiger charge is 2.33. The third-order valence-corrected chi connectivity index (χ3v) is 3.32. The number of hydrogen-bond donors (Lipinski definition) is 2. The van der Waals surface area contributed by atoms with Crippen LogP contribution in [0.15, 0.2) is 0 Å². The first kappa shape index (κ1) is 15.9. The zero-order valence-electron chi connectivity index (χ0n) is 11.7. The summed E-state index contributed by atoms with van der Waals surface area (Å²) in [6, 6.07) is 0.0666. The maximum Gasteiger partial charge on any atom is 0.303 e. The van der Waals surface area contributed by atoms with Crippen LogP contribution in [0.3, 0.4) is 0 Å². The molecular formula is C13H24N2O4. The highest BCUT2D eigenvalue weighted by Crippen LogP contribution is 2.20. The number of carbonyl (C=O) groups is 2. The minimum absolute atomic E-state index is 0.0220. The van der Waals surface area contributed by atoms with Gasteiger partial charge in [-0.3, -0.25) is 9.59 Å². The van der Waals surface area contributed by atoms with Crippen LogP contribution in [0, 0.1) is 0 Å². The van der Waals surface area contributed by atoms with E-state index in [0.717, 1.165) is 6.54 Å². The molecule has 0 aromatic rings. The molecule has 0 aromatic carbocycles. The molecule has 1 amide bonds. The molecule has 1 rings (SSSR count). The molecule has 0 radical (unpaired) electrons. The number of likely N-dealkylation sites (N-methyl/N-ethyl adjacent to an activating group) is 1. The lowest BCUT2D eigenvalue weighted by atomic mass is 10.1. The number of amides is 1. The molecule has 2 atom stereocenters. The van der Waals surface area contributed by atoms with Crippen molar-refractivity contribution >= 4 is 11.9 Å². The van der Waals surface area contributed by atoms with E-state index in [0.29, 0.717) is 32.2 Å². The average molecular weight is 272 g/mol. The molecule has 0 saturated carbocycles. The summed E-state index contributed by atoms with van der Waals surface area (Å²) < 4.78 is 0. The SMILES string of the molecule is CN(C)CC1CC(O)CN1C(=O)CCCCC(=O)O. The van der Waals surface area contributed by atoms with Gasteiger partial charge >= 0.3 is 5.97 Å². The third kappa shape index (κ3) is 5.57. The van der Waals surface area contributed by atoms with Crippen molar-refractivity contribution < 1.29 is 19.8 Å². The summed E-state index contributed by atoms with van der Waals surface area (Å²) in [5.74, 6) is -0.802. The number of aliphatic hydroxyl groups excluding tert-OH is 1. The van der Waals surface area contributed by atoms with Crippen LogP contribution >= 0.6 is 0 Å². The number of carbonyl (C=O) groups excluding carboxylic acids is 1. The fraction of sp³-hybridized carbons (Fsp3) is 0.846. The van der Waals surface area contributed by atoms with E-state index in [1.54, 1.807) is 4.90 Å². The average Bonchev–Trinajstić information content (AvgIpc) is 2.64. The molecule has 2 N–H and O–H groups in total. The smallest absolute Gasteiger partial charge is 0.303 e. The molecule has 1 aliphatic rings. The Hall–Kier alpha value is -1.14. The van der Waals surface area contributed by atoms with E-state index in [9.17, 15) is 14.7 Å². The van der Waals surface area contributed by atoms with Crippen LogP contribution < -0.4 is 0 Å². The maximum atomic E-state index is 12.1. The Morgan fingerprint density at radius 1 is 1.26 bits per heavy atom. The molecule has 1 heterocycles. The Morgan fingerprint density at radius 2 is 1.89 bits per heavy atom. The number of carboxylic acids is 1. The van der Waals surface area contributed by atoms with E-state index < -0.39 is 12.1 Å². The number of carboxylic acid groups (broad SMARTS) is 1. The van der Waals surface area contributed by atoms with Crippen molar-refractivity contribution in [1.29, 1.82) is 0 Å². The summed E-state index contributed by atoms with van der Waals surface area (Å²) in [6.45, 7) is 1.15. The van der Waals surface area contributed by atoms with Crippen LogP contribution in [-0.2, 0) is 9.59 Å². The van der Waals surface area contributed by atoms with Crippen LogP contribution in [0.5, 0.6) is 0 Å². The summed E-state index contributed by atoms with van der Waals surface area (Å²) in [4.78, 5) is 26.2. The topological polar surface area (TPSA) is 81.1 Å². The molecule has 6 heteroatoms. The molecule has 2 unspecified atom stereocenters. The normalized spacial score (nSPS) is 23.1. The second-order valence-electron chi connectivity index (χ2n) is 5.45. The number of unbranched alkanes of at least 4 members (excludes halogenated alkanes) is 1. The van der Waals surface area contributed by atoms with Gasteiger partial charge in [-0.05, 0) is 33.4 Å². The summed E-state index contributed by atoms with van der Waals surface area (Å²) in [7, 11) is 3.89. The lowest BCUT2D eigenvalue weighted by Gasteiger charge is -2.26. The minimum atomic E-state index is -0.825. The fourth-order valence-corrected chi connectivity index (χ4v) is 2.49. The molecule has 19 heavy (non-hydrogen) atoms. The van der Waals surface area contributed by atoms with E-state index in [-0.39, 0.29) is 18.4 Å². The number of rotatable bonds is 7. The van der Waals surface area contributed by atoms with Gasteiger partial charge in [-0.15, -0.1) is 0 Å². The van der Waals surface area contributed by atoms with Crippen molar-refractivity contribution in [3.05, 3.63) is 0 Å². The van der Waals surface area contributed by atoms with Crippen molar-refractivity contribution in [2.45, 2.75) is 44.2 Å². The first-order chi connectivity index (χ1) is 8.90. The van der Waals surface area contributed by atoms with Crippen molar-refractivity contribution in [3.63, 3.8) is 0 Å². The molecule has 1 fully saturated rings. The van der Waals surface area contributed by atoms with Gasteiger partial charge in [-0.25, -0.2) is 0 Å². The lowest BCUT2D eigenvalue weighted by molar-refractivity contribution is -0.137. The van der Waals surface area contributed by atoms with Gasteiger partial charge in [0, 0.05) is 32.0 Å². The molecular weight excluding hydrogens is 248 g/mol. The van der Waals surface area contributed by atoms with Gasteiger partial charge < -0.3 is 20.0 Å². The minimum Gasteiger partial charge on any atom is -0.481 e. The van der Waals surface area contributed by atoms with Gasteiger partial charge in [-0.2, -0.15) is 0 Å². The van der Waals surface area contributed by atoms with E-state index >= 15 is 0 Å². The third-order valence-electron chi connectivity index (χ3n) is 3.32. The Kier molecular flexibility index (Phi) is 6.24. The van der Waals surface area contributed by atoms with Crippen LogP contribution in [0.1, 0.15) is 32.1 Å². The van der Waals surface area contributed by atoms with Gasteiger partial charge in [0.05, 0.1) is 6.10 Å². The van der Waals surface area contributed by atoms with Gasteiger partial charge in [0.1, 0.15) is 0 Å². The van der Waals surface area contributed by atoms with E-state index in [2.05, 4.69) is 0 Å². The molecule has 1 saturated heterocycles. The van der Waals surface area contributed by atoms with E-state index in [4.69, 9.17) is 5.11 Å². The maximum absolute atomic E-state index is 12.1. The van der Waals surface area contributed by atoms with Crippen molar-refractivity contribution in [2.24, 2.45) is 0 Å². The molecule has 0 aliphatic carbocycles. The quantitative estimate of drug-likeness (QED) is 0.645. The summed E-state index contributed by atoms with van der Waals surface area (Å²) in [6.07, 6.45) is 1.77. The molecule has 6 nitrogen and oxygen atoms in total. The molecule has 0 aromatic heterocycles. The Balaban J connectivity index is 2.38. The van der Waals surface area contributed by atoms with Gasteiger partial charge in [-0.1, -0.05) is 0 Å². The number of hydrogen-bond acceptors (Lipinski definition) is 4. The summed E-state index contributed by atoms with van der Waals surface area (Å²) in [5, 5.41) is 18.2. The Bertz CT molecular complexity index is 320. The predicted molar refractivity (Wildman–Crippen MR) is 70.8 cm³/mol. The lowest BCUT2D eigenvalue weighted by Crippen LogP contribution is -2.41. The fourth-order valence-electron chi connectivity index (χ4n) is 2.49. The zero-order valence-corrected chi connectivity index (χ0v) is 11.7. The second kappa shape index (κ2) is 7.45. The number of likely N-dealkylation sites (tertiary alicyclic amines) is 1. The van der Waals surface area contributed by atoms with Gasteiger partial charge in [0.2, 0.25) is 5.91 Å². The van der Waals surface area contributed by atoms with Crippen LogP contribution in [-0.4, -0.2) is 71.2 Å². The predicted octanol–water partition coefficient (Wildman–Crippen LogP) is 0.155. The van der Waals surface area contributed by atoms with Gasteiger partial charge in [0.15, 0.2) is 0 Å². The van der Waals surface area contributed by atoms with E-state index in [1.807, 2.05) is 19.0 Å². The number of aliphatic carboxylic acids is 1. The molecule has 0 spiro atoms.